The highest BCUT2D eigenvalue weighted by atomic mass is 19.4. The first kappa shape index (κ1) is 14.9. The van der Waals surface area contributed by atoms with E-state index >= 15 is 0 Å². The summed E-state index contributed by atoms with van der Waals surface area (Å²) in [5, 5.41) is 2.92. The lowest BCUT2D eigenvalue weighted by atomic mass is 10.2. The Bertz CT molecular complexity index is 631. The van der Waals surface area contributed by atoms with Gasteiger partial charge in [0.1, 0.15) is 11.6 Å². The molecule has 0 bridgehead atoms. The molecule has 112 valence electrons. The highest BCUT2D eigenvalue weighted by molar-refractivity contribution is 5.44. The maximum atomic E-state index is 12.6. The van der Waals surface area contributed by atoms with E-state index in [-0.39, 0.29) is 17.6 Å². The van der Waals surface area contributed by atoms with Gasteiger partial charge >= 0.3 is 6.18 Å². The summed E-state index contributed by atoms with van der Waals surface area (Å²) < 4.78 is 43.2. The molecule has 8 heteroatoms. The van der Waals surface area contributed by atoms with Crippen LogP contribution in [0.2, 0.25) is 0 Å². The Morgan fingerprint density at radius 3 is 2.67 bits per heavy atom. The first-order chi connectivity index (χ1) is 9.88. The van der Waals surface area contributed by atoms with Gasteiger partial charge in [0.2, 0.25) is 11.8 Å². The number of nitrogens with one attached hydrogen (secondary N) is 1. The Balaban J connectivity index is 2.26. The number of nitrogen functional groups attached to an aromatic ring is 1. The number of ether oxygens (including phenoxy) is 1. The van der Waals surface area contributed by atoms with Gasteiger partial charge in [0.15, 0.2) is 0 Å². The minimum atomic E-state index is -4.43. The second-order valence-electron chi connectivity index (χ2n) is 4.11. The molecule has 1 aromatic heterocycles. The van der Waals surface area contributed by atoms with Crippen molar-refractivity contribution >= 4 is 11.8 Å². The third kappa shape index (κ3) is 3.98. The average molecular weight is 298 g/mol. The van der Waals surface area contributed by atoms with E-state index in [2.05, 4.69) is 15.3 Å². The van der Waals surface area contributed by atoms with Gasteiger partial charge in [-0.2, -0.15) is 23.1 Å². The minimum absolute atomic E-state index is 0.0189. The van der Waals surface area contributed by atoms with Gasteiger partial charge in [0, 0.05) is 12.6 Å². The van der Waals surface area contributed by atoms with Crippen LogP contribution in [0.5, 0.6) is 11.6 Å². The van der Waals surface area contributed by atoms with Gasteiger partial charge in [-0.05, 0) is 25.1 Å². The van der Waals surface area contributed by atoms with E-state index in [1.54, 1.807) is 0 Å². The van der Waals surface area contributed by atoms with Gasteiger partial charge in [-0.1, -0.05) is 6.07 Å². The molecule has 0 amide bonds. The smallest absolute Gasteiger partial charge is 0.416 e. The molecule has 2 aromatic rings. The second-order valence-corrected chi connectivity index (χ2v) is 4.11. The van der Waals surface area contributed by atoms with Gasteiger partial charge in [-0.3, -0.25) is 0 Å². The van der Waals surface area contributed by atoms with E-state index in [9.17, 15) is 13.2 Å². The maximum absolute atomic E-state index is 12.6. The molecule has 3 N–H and O–H groups in total. The third-order valence-corrected chi connectivity index (χ3v) is 2.46. The molecule has 0 saturated heterocycles. The van der Waals surface area contributed by atoms with E-state index < -0.39 is 11.7 Å². The zero-order valence-electron chi connectivity index (χ0n) is 11.1. The van der Waals surface area contributed by atoms with Crippen LogP contribution in [0.4, 0.5) is 24.9 Å². The average Bonchev–Trinajstić information content (AvgIpc) is 2.37. The lowest BCUT2D eigenvalue weighted by Crippen LogP contribution is -2.06. The fraction of sp³-hybridized carbons (Fsp3) is 0.231. The predicted molar refractivity (Wildman–Crippen MR) is 72.1 cm³/mol. The largest absolute Gasteiger partial charge is 0.439 e. The van der Waals surface area contributed by atoms with E-state index in [0.717, 1.165) is 12.1 Å². The zero-order chi connectivity index (χ0) is 15.5. The van der Waals surface area contributed by atoms with Crippen molar-refractivity contribution in [2.75, 3.05) is 17.6 Å². The molecule has 0 aliphatic heterocycles. The molecule has 21 heavy (non-hydrogen) atoms. The standard InChI is InChI=1S/C13H13F3N4O/c1-2-18-10-7-11(20-12(17)19-10)21-9-5-3-4-8(6-9)13(14,15)16/h3-7H,2H2,1H3,(H3,17,18,19,20). The number of halogens is 3. The van der Waals surface area contributed by atoms with Crippen LogP contribution >= 0.6 is 0 Å². The number of rotatable bonds is 4. The van der Waals surface area contributed by atoms with Crippen LogP contribution in [0.3, 0.4) is 0 Å². The van der Waals surface area contributed by atoms with Crippen LogP contribution in [0.15, 0.2) is 30.3 Å². The van der Waals surface area contributed by atoms with Crippen molar-refractivity contribution in [3.63, 3.8) is 0 Å². The molecule has 0 unspecified atom stereocenters. The SMILES string of the molecule is CCNc1cc(Oc2cccc(C(F)(F)F)c2)nc(N)n1. The highest BCUT2D eigenvalue weighted by Gasteiger charge is 2.30. The molecular formula is C13H13F3N4O. The summed E-state index contributed by atoms with van der Waals surface area (Å²) in [4.78, 5) is 7.74. The van der Waals surface area contributed by atoms with Crippen LogP contribution in [0.25, 0.3) is 0 Å². The normalized spacial score (nSPS) is 11.2. The number of hydrogen-bond donors (Lipinski definition) is 2. The third-order valence-electron chi connectivity index (χ3n) is 2.46. The summed E-state index contributed by atoms with van der Waals surface area (Å²) in [6, 6.07) is 5.98. The van der Waals surface area contributed by atoms with Crippen molar-refractivity contribution in [1.82, 2.24) is 9.97 Å². The quantitative estimate of drug-likeness (QED) is 0.906. The Hall–Kier alpha value is -2.51. The summed E-state index contributed by atoms with van der Waals surface area (Å²) >= 11 is 0. The number of aromatic nitrogens is 2. The van der Waals surface area contributed by atoms with Crippen molar-refractivity contribution in [3.05, 3.63) is 35.9 Å². The number of nitrogens with zero attached hydrogens (tertiary/aromatic N) is 2. The molecule has 0 aliphatic carbocycles. The van der Waals surface area contributed by atoms with Gasteiger partial charge in [0.05, 0.1) is 5.56 Å². The fourth-order valence-electron chi connectivity index (χ4n) is 1.62. The second kappa shape index (κ2) is 5.86. The van der Waals surface area contributed by atoms with E-state index in [1.165, 1.54) is 18.2 Å². The molecule has 1 aromatic carbocycles. The van der Waals surface area contributed by atoms with Crippen LogP contribution < -0.4 is 15.8 Å². The van der Waals surface area contributed by atoms with Gasteiger partial charge < -0.3 is 15.8 Å². The number of alkyl halides is 3. The summed E-state index contributed by atoms with van der Waals surface area (Å²) in [6.07, 6.45) is -4.43. The van der Waals surface area contributed by atoms with Crippen molar-refractivity contribution in [2.24, 2.45) is 0 Å². The highest BCUT2D eigenvalue weighted by Crippen LogP contribution is 2.32. The summed E-state index contributed by atoms with van der Waals surface area (Å²) in [6.45, 7) is 2.48. The van der Waals surface area contributed by atoms with Gasteiger partial charge in [-0.25, -0.2) is 0 Å². The van der Waals surface area contributed by atoms with Crippen molar-refractivity contribution in [2.45, 2.75) is 13.1 Å². The van der Waals surface area contributed by atoms with Crippen molar-refractivity contribution < 1.29 is 17.9 Å². The van der Waals surface area contributed by atoms with Crippen LogP contribution in [-0.4, -0.2) is 16.5 Å². The lowest BCUT2D eigenvalue weighted by molar-refractivity contribution is -0.137. The number of nitrogens with two attached hydrogens (primary N) is 1. The van der Waals surface area contributed by atoms with Gasteiger partial charge in [0.25, 0.3) is 0 Å². The number of hydrogen-bond acceptors (Lipinski definition) is 5. The summed E-state index contributed by atoms with van der Waals surface area (Å²) in [5.74, 6) is 0.491. The summed E-state index contributed by atoms with van der Waals surface area (Å²) in [5.41, 5.74) is 4.72. The molecule has 0 radical (unpaired) electrons. The molecular weight excluding hydrogens is 285 g/mol. The minimum Gasteiger partial charge on any atom is -0.439 e. The number of anilines is 2. The fourth-order valence-corrected chi connectivity index (χ4v) is 1.62. The predicted octanol–water partition coefficient (Wildman–Crippen LogP) is 3.30. The molecule has 0 aliphatic rings. The Morgan fingerprint density at radius 1 is 1.24 bits per heavy atom. The van der Waals surface area contributed by atoms with E-state index in [0.29, 0.717) is 12.4 Å². The van der Waals surface area contributed by atoms with Crippen molar-refractivity contribution in [3.8, 4) is 11.6 Å². The zero-order valence-corrected chi connectivity index (χ0v) is 11.1. The van der Waals surface area contributed by atoms with Crippen LogP contribution in [0.1, 0.15) is 12.5 Å². The molecule has 0 saturated carbocycles. The maximum Gasteiger partial charge on any atom is 0.416 e. The Morgan fingerprint density at radius 2 is 2.00 bits per heavy atom. The Labute approximate surface area is 119 Å². The summed E-state index contributed by atoms with van der Waals surface area (Å²) in [7, 11) is 0. The topological polar surface area (TPSA) is 73.1 Å². The lowest BCUT2D eigenvalue weighted by Gasteiger charge is -2.10. The Kier molecular flexibility index (Phi) is 4.15. The molecule has 1 heterocycles. The first-order valence-corrected chi connectivity index (χ1v) is 6.12. The van der Waals surface area contributed by atoms with Crippen LogP contribution in [0, 0.1) is 0 Å². The molecule has 2 rings (SSSR count). The molecule has 0 atom stereocenters. The number of benzene rings is 1. The first-order valence-electron chi connectivity index (χ1n) is 6.12. The molecule has 5 nitrogen and oxygen atoms in total. The van der Waals surface area contributed by atoms with E-state index in [1.807, 2.05) is 6.92 Å². The van der Waals surface area contributed by atoms with E-state index in [4.69, 9.17) is 10.5 Å². The molecule has 0 spiro atoms. The van der Waals surface area contributed by atoms with Gasteiger partial charge in [-0.15, -0.1) is 0 Å². The van der Waals surface area contributed by atoms with Crippen LogP contribution in [-0.2, 0) is 6.18 Å². The molecule has 0 fully saturated rings. The monoisotopic (exact) mass is 298 g/mol. The van der Waals surface area contributed by atoms with Crippen molar-refractivity contribution in [1.29, 1.82) is 0 Å².